The molecule has 136 valence electrons. The first kappa shape index (κ1) is 18.4. The highest BCUT2D eigenvalue weighted by atomic mass is 32.1. The second-order valence-corrected chi connectivity index (χ2v) is 6.20. The van der Waals surface area contributed by atoms with E-state index in [0.29, 0.717) is 10.8 Å². The lowest BCUT2D eigenvalue weighted by molar-refractivity contribution is 0.403. The Bertz CT molecular complexity index is 970. The lowest BCUT2D eigenvalue weighted by atomic mass is 10.1. The summed E-state index contributed by atoms with van der Waals surface area (Å²) >= 11 is 5.25. The molecule has 0 amide bonds. The number of rotatable bonds is 4. The Labute approximate surface area is 161 Å². The van der Waals surface area contributed by atoms with Gasteiger partial charge in [0.1, 0.15) is 5.82 Å². The summed E-state index contributed by atoms with van der Waals surface area (Å²) in [4.78, 5) is 0. The van der Waals surface area contributed by atoms with Crippen molar-refractivity contribution < 1.29 is 14.6 Å². The van der Waals surface area contributed by atoms with Crippen LogP contribution in [0.15, 0.2) is 66.7 Å². The smallest absolute Gasteiger partial charge is 0.175 e. The molecule has 0 aliphatic carbocycles. The molecule has 0 saturated heterocycles. The van der Waals surface area contributed by atoms with E-state index in [1.807, 2.05) is 36.4 Å². The summed E-state index contributed by atoms with van der Waals surface area (Å²) in [6.07, 6.45) is 3.73. The van der Waals surface area contributed by atoms with Crippen molar-refractivity contribution in [3.05, 3.63) is 83.7 Å². The number of phenols is 2. The van der Waals surface area contributed by atoms with Crippen molar-refractivity contribution in [3.63, 3.8) is 0 Å². The molecule has 3 rings (SSSR count). The zero-order valence-electron chi connectivity index (χ0n) is 14.2. The number of nitrogens with one attached hydrogen (secondary N) is 2. The maximum absolute atomic E-state index is 12.9. The Morgan fingerprint density at radius 2 is 1.26 bits per heavy atom. The van der Waals surface area contributed by atoms with Crippen molar-refractivity contribution >= 4 is 40.9 Å². The maximum atomic E-state index is 12.9. The van der Waals surface area contributed by atoms with E-state index in [0.717, 1.165) is 16.8 Å². The molecule has 4 N–H and O–H groups in total. The lowest BCUT2D eigenvalue weighted by Crippen LogP contribution is -2.18. The second kappa shape index (κ2) is 8.33. The molecule has 6 heteroatoms. The number of benzene rings is 3. The fourth-order valence-electron chi connectivity index (χ4n) is 2.34. The van der Waals surface area contributed by atoms with Crippen LogP contribution in [0.4, 0.5) is 15.8 Å². The normalized spacial score (nSPS) is 10.7. The molecule has 0 bridgehead atoms. The van der Waals surface area contributed by atoms with Gasteiger partial charge in [0.2, 0.25) is 0 Å². The average molecular weight is 380 g/mol. The third-order valence-corrected chi connectivity index (χ3v) is 3.94. The summed E-state index contributed by atoms with van der Waals surface area (Å²) in [6, 6.07) is 18.2. The van der Waals surface area contributed by atoms with Gasteiger partial charge in [-0.25, -0.2) is 4.39 Å². The molecule has 3 aromatic carbocycles. The molecule has 4 nitrogen and oxygen atoms in total. The fraction of sp³-hybridized carbons (Fsp3) is 0. The molecule has 0 aliphatic rings. The summed E-state index contributed by atoms with van der Waals surface area (Å²) in [5.74, 6) is -0.600. The van der Waals surface area contributed by atoms with E-state index in [4.69, 9.17) is 12.2 Å². The van der Waals surface area contributed by atoms with Crippen LogP contribution in [0.5, 0.6) is 11.5 Å². The maximum Gasteiger partial charge on any atom is 0.175 e. The summed E-state index contributed by atoms with van der Waals surface area (Å²) in [5, 5.41) is 25.3. The van der Waals surface area contributed by atoms with Crippen LogP contribution in [0.25, 0.3) is 12.2 Å². The predicted octanol–water partition coefficient (Wildman–Crippen LogP) is 5.22. The minimum absolute atomic E-state index is 0.146. The van der Waals surface area contributed by atoms with E-state index in [2.05, 4.69) is 10.6 Å². The quantitative estimate of drug-likeness (QED) is 0.284. The van der Waals surface area contributed by atoms with Crippen molar-refractivity contribution in [1.29, 1.82) is 0 Å². The van der Waals surface area contributed by atoms with E-state index < -0.39 is 0 Å². The van der Waals surface area contributed by atoms with Gasteiger partial charge in [0.25, 0.3) is 0 Å². The van der Waals surface area contributed by atoms with Crippen LogP contribution in [0.1, 0.15) is 11.1 Å². The topological polar surface area (TPSA) is 64.5 Å². The number of hydrogen-bond donors (Lipinski definition) is 4. The number of anilines is 2. The molecule has 0 spiro atoms. The standard InChI is InChI=1S/C21H17FN2O2S/c22-16-6-10-18(11-7-16)24-21(27)23-17-8-3-14(4-9-17)1-2-15-5-12-19(25)20(26)13-15/h1-13,25-26H,(H2,23,24,27)/b2-1+. The molecular weight excluding hydrogens is 363 g/mol. The molecular formula is C21H17FN2O2S. The Balaban J connectivity index is 1.59. The molecule has 0 fully saturated rings. The number of halogens is 1. The van der Waals surface area contributed by atoms with Crippen LogP contribution in [-0.4, -0.2) is 15.3 Å². The lowest BCUT2D eigenvalue weighted by Gasteiger charge is -2.10. The summed E-state index contributed by atoms with van der Waals surface area (Å²) in [5.41, 5.74) is 3.25. The molecule has 3 aromatic rings. The van der Waals surface area contributed by atoms with E-state index in [-0.39, 0.29) is 17.3 Å². The molecule has 0 aliphatic heterocycles. The molecule has 0 aromatic heterocycles. The van der Waals surface area contributed by atoms with Gasteiger partial charge in [0.05, 0.1) is 0 Å². The summed E-state index contributed by atoms with van der Waals surface area (Å²) in [7, 11) is 0. The van der Waals surface area contributed by atoms with Gasteiger partial charge in [0, 0.05) is 11.4 Å². The SMILES string of the molecule is Oc1ccc(/C=C/c2ccc(NC(=S)Nc3ccc(F)cc3)cc2)cc1O. The first-order valence-corrected chi connectivity index (χ1v) is 8.54. The minimum Gasteiger partial charge on any atom is -0.504 e. The third kappa shape index (κ3) is 5.29. The average Bonchev–Trinajstić information content (AvgIpc) is 2.66. The van der Waals surface area contributed by atoms with Gasteiger partial charge >= 0.3 is 0 Å². The summed E-state index contributed by atoms with van der Waals surface area (Å²) < 4.78 is 12.9. The van der Waals surface area contributed by atoms with Gasteiger partial charge in [-0.05, 0) is 71.9 Å². The first-order valence-electron chi connectivity index (χ1n) is 8.13. The van der Waals surface area contributed by atoms with Crippen LogP contribution < -0.4 is 10.6 Å². The van der Waals surface area contributed by atoms with Crippen LogP contribution in [0.3, 0.4) is 0 Å². The number of phenolic OH excluding ortho intramolecular Hbond substituents is 2. The van der Waals surface area contributed by atoms with Crippen LogP contribution in [-0.2, 0) is 0 Å². The molecule has 0 atom stereocenters. The van der Waals surface area contributed by atoms with Gasteiger partial charge in [0.15, 0.2) is 16.6 Å². The number of thiocarbonyl (C=S) groups is 1. The van der Waals surface area contributed by atoms with Gasteiger partial charge in [-0.1, -0.05) is 30.4 Å². The highest BCUT2D eigenvalue weighted by molar-refractivity contribution is 7.80. The Morgan fingerprint density at radius 3 is 1.85 bits per heavy atom. The Morgan fingerprint density at radius 1 is 0.741 bits per heavy atom. The highest BCUT2D eigenvalue weighted by Crippen LogP contribution is 2.25. The second-order valence-electron chi connectivity index (χ2n) is 5.79. The first-order chi connectivity index (χ1) is 13.0. The predicted molar refractivity (Wildman–Crippen MR) is 111 cm³/mol. The van der Waals surface area contributed by atoms with Crippen molar-refractivity contribution in [2.75, 3.05) is 10.6 Å². The van der Waals surface area contributed by atoms with Crippen LogP contribution >= 0.6 is 12.2 Å². The van der Waals surface area contributed by atoms with Gasteiger partial charge in [-0.15, -0.1) is 0 Å². The van der Waals surface area contributed by atoms with E-state index in [1.165, 1.54) is 24.3 Å². The van der Waals surface area contributed by atoms with Gasteiger partial charge in [-0.3, -0.25) is 0 Å². The van der Waals surface area contributed by atoms with Crippen molar-refractivity contribution in [2.45, 2.75) is 0 Å². The van der Waals surface area contributed by atoms with Gasteiger partial charge < -0.3 is 20.8 Å². The summed E-state index contributed by atoms with van der Waals surface area (Å²) in [6.45, 7) is 0. The highest BCUT2D eigenvalue weighted by Gasteiger charge is 2.00. The van der Waals surface area contributed by atoms with E-state index in [9.17, 15) is 14.6 Å². The largest absolute Gasteiger partial charge is 0.504 e. The third-order valence-electron chi connectivity index (χ3n) is 3.74. The number of hydrogen-bond acceptors (Lipinski definition) is 3. The van der Waals surface area contributed by atoms with E-state index >= 15 is 0 Å². The molecule has 0 unspecified atom stereocenters. The van der Waals surface area contributed by atoms with Crippen molar-refractivity contribution in [1.82, 2.24) is 0 Å². The molecule has 0 saturated carbocycles. The minimum atomic E-state index is -0.300. The van der Waals surface area contributed by atoms with Crippen LogP contribution in [0.2, 0.25) is 0 Å². The fourth-order valence-corrected chi connectivity index (χ4v) is 2.58. The molecule has 27 heavy (non-hydrogen) atoms. The number of aromatic hydroxyl groups is 2. The Kier molecular flexibility index (Phi) is 5.68. The van der Waals surface area contributed by atoms with Crippen molar-refractivity contribution in [2.24, 2.45) is 0 Å². The zero-order valence-corrected chi connectivity index (χ0v) is 15.0. The molecule has 0 heterocycles. The zero-order chi connectivity index (χ0) is 19.2. The monoisotopic (exact) mass is 380 g/mol. The molecule has 0 radical (unpaired) electrons. The van der Waals surface area contributed by atoms with Gasteiger partial charge in [-0.2, -0.15) is 0 Å². The van der Waals surface area contributed by atoms with Crippen molar-refractivity contribution in [3.8, 4) is 11.5 Å². The Hall–Kier alpha value is -3.38. The van der Waals surface area contributed by atoms with Crippen LogP contribution in [0, 0.1) is 5.82 Å². The van der Waals surface area contributed by atoms with E-state index in [1.54, 1.807) is 18.2 Å².